The number of aromatic nitrogens is 1. The van der Waals surface area contributed by atoms with E-state index in [-0.39, 0.29) is 16.5 Å². The smallest absolute Gasteiger partial charge is 0.247 e. The molecule has 7 nitrogen and oxygen atoms in total. The first-order valence-electron chi connectivity index (χ1n) is 9.63. The third-order valence-corrected chi connectivity index (χ3v) is 9.01. The summed E-state index contributed by atoms with van der Waals surface area (Å²) >= 11 is 5.92. The van der Waals surface area contributed by atoms with E-state index in [1.807, 2.05) is 0 Å². The minimum absolute atomic E-state index is 0.0219. The van der Waals surface area contributed by atoms with Crippen molar-refractivity contribution >= 4 is 53.4 Å². The molecule has 1 atom stereocenters. The Morgan fingerprint density at radius 3 is 2.18 bits per heavy atom. The minimum atomic E-state index is -4.07. The van der Waals surface area contributed by atoms with Crippen LogP contribution in [-0.2, 0) is 37.4 Å². The Bertz CT molecular complexity index is 1560. The van der Waals surface area contributed by atoms with Gasteiger partial charge in [0.25, 0.3) is 10.0 Å². The maximum absolute atomic E-state index is 13.5. The maximum Gasteiger partial charge on any atom is 0.269 e. The summed E-state index contributed by atoms with van der Waals surface area (Å²) < 4.78 is 66.6. The molecule has 0 bridgehead atoms. The highest BCUT2D eigenvalue weighted by atomic mass is 35.5. The van der Waals surface area contributed by atoms with Gasteiger partial charge < -0.3 is 0 Å². The van der Waals surface area contributed by atoms with E-state index in [1.54, 1.807) is 54.6 Å². The number of rotatable bonds is 7. The third-order valence-electron chi connectivity index (χ3n) is 4.85. The zero-order chi connectivity index (χ0) is 23.8. The third kappa shape index (κ3) is 5.04. The molecule has 4 aromatic rings. The molecule has 0 amide bonds. The van der Waals surface area contributed by atoms with Crippen molar-refractivity contribution in [2.45, 2.75) is 21.4 Å². The Labute approximate surface area is 199 Å². The molecule has 1 unspecified atom stereocenters. The summed E-state index contributed by atoms with van der Waals surface area (Å²) in [6.45, 7) is 0.0942. The van der Waals surface area contributed by atoms with Gasteiger partial charge in [0, 0.05) is 21.8 Å². The van der Waals surface area contributed by atoms with Crippen LogP contribution in [0.2, 0.25) is 5.02 Å². The topological polar surface area (TPSA) is 102 Å². The SMILES string of the molecule is CS(=O)(=O)NCc1ccc(S(=O)c2cc3ccccc3n2S(=O)(=O)c2ccc(Cl)cc2)cc1. The summed E-state index contributed by atoms with van der Waals surface area (Å²) in [7, 11) is -9.24. The lowest BCUT2D eigenvalue weighted by Gasteiger charge is -2.12. The van der Waals surface area contributed by atoms with Gasteiger partial charge in [0.2, 0.25) is 10.0 Å². The van der Waals surface area contributed by atoms with Crippen molar-refractivity contribution < 1.29 is 21.0 Å². The average molecular weight is 523 g/mol. The van der Waals surface area contributed by atoms with Crippen molar-refractivity contribution in [2.75, 3.05) is 6.26 Å². The lowest BCUT2D eigenvalue weighted by Crippen LogP contribution is -2.21. The van der Waals surface area contributed by atoms with Crippen LogP contribution < -0.4 is 4.72 Å². The molecule has 33 heavy (non-hydrogen) atoms. The minimum Gasteiger partial charge on any atom is -0.247 e. The number of halogens is 1. The van der Waals surface area contributed by atoms with Crippen LogP contribution in [0, 0.1) is 0 Å². The number of sulfonamides is 1. The molecule has 0 saturated heterocycles. The van der Waals surface area contributed by atoms with E-state index in [0.29, 0.717) is 26.4 Å². The number of fused-ring (bicyclic) bond motifs is 1. The molecule has 0 aliphatic rings. The van der Waals surface area contributed by atoms with Crippen LogP contribution in [0.1, 0.15) is 5.56 Å². The lowest BCUT2D eigenvalue weighted by atomic mass is 10.2. The molecule has 3 aromatic carbocycles. The zero-order valence-corrected chi connectivity index (χ0v) is 20.5. The van der Waals surface area contributed by atoms with Gasteiger partial charge in [-0.2, -0.15) is 0 Å². The van der Waals surface area contributed by atoms with Gasteiger partial charge in [0.1, 0.15) is 15.8 Å². The lowest BCUT2D eigenvalue weighted by molar-refractivity contribution is 0.583. The summed E-state index contributed by atoms with van der Waals surface area (Å²) in [4.78, 5) is 0.405. The fraction of sp³-hybridized carbons (Fsp3) is 0.0909. The fourth-order valence-electron chi connectivity index (χ4n) is 3.26. The summed E-state index contributed by atoms with van der Waals surface area (Å²) in [6, 6.07) is 20.7. The van der Waals surface area contributed by atoms with Gasteiger partial charge in [-0.3, -0.25) is 0 Å². The Balaban J connectivity index is 1.78. The summed E-state index contributed by atoms with van der Waals surface area (Å²) in [5.41, 5.74) is 1.08. The molecule has 11 heteroatoms. The highest BCUT2D eigenvalue weighted by molar-refractivity contribution is 7.91. The van der Waals surface area contributed by atoms with Crippen molar-refractivity contribution in [2.24, 2.45) is 0 Å². The van der Waals surface area contributed by atoms with Gasteiger partial charge in [-0.15, -0.1) is 0 Å². The first kappa shape index (κ1) is 23.7. The van der Waals surface area contributed by atoms with Crippen LogP contribution in [0.4, 0.5) is 0 Å². The highest BCUT2D eigenvalue weighted by Crippen LogP contribution is 2.30. The predicted octanol–water partition coefficient (Wildman–Crippen LogP) is 3.75. The monoisotopic (exact) mass is 522 g/mol. The molecular weight excluding hydrogens is 504 g/mol. The number of hydrogen-bond acceptors (Lipinski definition) is 5. The zero-order valence-electron chi connectivity index (χ0n) is 17.3. The van der Waals surface area contributed by atoms with Crippen molar-refractivity contribution in [3.8, 4) is 0 Å². The first-order chi connectivity index (χ1) is 15.6. The maximum atomic E-state index is 13.5. The standard InChI is InChI=1S/C22H19ClN2O5S3/c1-32(27,28)24-15-16-6-10-19(11-7-16)31(26)22-14-17-4-2-3-5-21(17)25(22)33(29,30)20-12-8-18(23)9-13-20/h2-14,24H,15H2,1H3. The molecule has 0 aliphatic heterocycles. The molecule has 0 fully saturated rings. The van der Waals surface area contributed by atoms with Crippen LogP contribution in [0.3, 0.4) is 0 Å². The van der Waals surface area contributed by atoms with Crippen molar-refractivity contribution in [1.29, 1.82) is 0 Å². The fourth-order valence-corrected chi connectivity index (χ4v) is 6.83. The van der Waals surface area contributed by atoms with E-state index in [4.69, 9.17) is 11.6 Å². The van der Waals surface area contributed by atoms with Crippen molar-refractivity contribution in [1.82, 2.24) is 8.69 Å². The normalized spacial score (nSPS) is 13.3. The number of benzene rings is 3. The number of nitrogens with one attached hydrogen (secondary N) is 1. The second-order valence-electron chi connectivity index (χ2n) is 7.27. The Kier molecular flexibility index (Phi) is 6.47. The molecule has 0 aliphatic carbocycles. The van der Waals surface area contributed by atoms with E-state index in [2.05, 4.69) is 4.72 Å². The van der Waals surface area contributed by atoms with Gasteiger partial charge in [-0.05, 0) is 54.1 Å². The summed E-state index contributed by atoms with van der Waals surface area (Å²) in [5.74, 6) is 0. The van der Waals surface area contributed by atoms with Gasteiger partial charge in [0.05, 0.1) is 16.7 Å². The number of nitrogens with zero attached hydrogens (tertiary/aromatic N) is 1. The molecule has 1 N–H and O–H groups in total. The van der Waals surface area contributed by atoms with Crippen molar-refractivity contribution in [3.63, 3.8) is 0 Å². The highest BCUT2D eigenvalue weighted by Gasteiger charge is 2.26. The Morgan fingerprint density at radius 1 is 0.909 bits per heavy atom. The van der Waals surface area contributed by atoms with Crippen LogP contribution >= 0.6 is 11.6 Å². The van der Waals surface area contributed by atoms with Crippen LogP contribution in [0.25, 0.3) is 10.9 Å². The second kappa shape index (κ2) is 9.03. The molecule has 1 aromatic heterocycles. The van der Waals surface area contributed by atoms with Gasteiger partial charge in [-0.1, -0.05) is 41.9 Å². The largest absolute Gasteiger partial charge is 0.269 e. The Morgan fingerprint density at radius 2 is 1.55 bits per heavy atom. The second-order valence-corrected chi connectivity index (χ2v) is 12.8. The van der Waals surface area contributed by atoms with Gasteiger partial charge in [0.15, 0.2) is 0 Å². The molecule has 1 heterocycles. The van der Waals surface area contributed by atoms with E-state index in [1.165, 1.54) is 24.3 Å². The van der Waals surface area contributed by atoms with E-state index in [0.717, 1.165) is 10.2 Å². The van der Waals surface area contributed by atoms with Crippen molar-refractivity contribution in [3.05, 3.63) is 89.4 Å². The quantitative estimate of drug-likeness (QED) is 0.398. The molecule has 4 rings (SSSR count). The number of hydrogen-bond donors (Lipinski definition) is 1. The summed E-state index contributed by atoms with van der Waals surface area (Å²) in [6.07, 6.45) is 1.07. The van der Waals surface area contributed by atoms with E-state index < -0.39 is 30.8 Å². The number of para-hydroxylation sites is 1. The molecule has 0 saturated carbocycles. The van der Waals surface area contributed by atoms with Crippen LogP contribution in [0.5, 0.6) is 0 Å². The first-order valence-corrected chi connectivity index (χ1v) is 14.5. The van der Waals surface area contributed by atoms with Crippen LogP contribution in [0.15, 0.2) is 93.7 Å². The van der Waals surface area contributed by atoms with E-state index in [9.17, 15) is 21.0 Å². The average Bonchev–Trinajstić information content (AvgIpc) is 3.18. The Hall–Kier alpha value is -2.50. The predicted molar refractivity (Wildman–Crippen MR) is 129 cm³/mol. The molecule has 0 spiro atoms. The summed E-state index contributed by atoms with van der Waals surface area (Å²) in [5, 5.41) is 1.14. The van der Waals surface area contributed by atoms with Crippen LogP contribution in [-0.4, -0.2) is 31.3 Å². The molecule has 0 radical (unpaired) electrons. The van der Waals surface area contributed by atoms with Gasteiger partial charge in [-0.25, -0.2) is 29.7 Å². The van der Waals surface area contributed by atoms with E-state index >= 15 is 0 Å². The molecular formula is C22H19ClN2O5S3. The van der Waals surface area contributed by atoms with Gasteiger partial charge >= 0.3 is 0 Å². The molecule has 172 valence electrons.